The second kappa shape index (κ2) is 11.6. The molecule has 164 valence electrons. The van der Waals surface area contributed by atoms with Gasteiger partial charge in [0.2, 0.25) is 0 Å². The van der Waals surface area contributed by atoms with Gasteiger partial charge in [-0.15, -0.1) is 0 Å². The minimum absolute atomic E-state index is 0.472. The summed E-state index contributed by atoms with van der Waals surface area (Å²) in [6, 6.07) is 7.60. The summed E-state index contributed by atoms with van der Waals surface area (Å²) < 4.78 is 0. The number of nitrogens with one attached hydrogen (secondary N) is 1. The monoisotopic (exact) mass is 450 g/mol. The van der Waals surface area contributed by atoms with Crippen molar-refractivity contribution >= 4 is 40.7 Å². The molecule has 7 N–H and O–H groups in total. The van der Waals surface area contributed by atoms with Gasteiger partial charge in [0.15, 0.2) is 16.8 Å². The Balaban J connectivity index is 1.81. The van der Waals surface area contributed by atoms with Crippen LogP contribution in [-0.4, -0.2) is 48.4 Å². The molecule has 30 heavy (non-hydrogen) atoms. The zero-order chi connectivity index (χ0) is 21.3. The quantitative estimate of drug-likeness (QED) is 0.142. The average Bonchev–Trinajstić information content (AvgIpc) is 2.76. The van der Waals surface area contributed by atoms with Gasteiger partial charge >= 0.3 is 0 Å². The SMILES string of the molecule is NCCCCCSc1nc(N(N)Cc2ccc(Cl)cc2)c(N)c(N2CCNCC2)n1. The molecule has 0 amide bonds. The van der Waals surface area contributed by atoms with Gasteiger partial charge in [0.05, 0.1) is 6.54 Å². The fraction of sp³-hybridized carbons (Fsp3) is 0.500. The molecule has 2 aromatic rings. The van der Waals surface area contributed by atoms with Crippen molar-refractivity contribution in [2.75, 3.05) is 54.1 Å². The van der Waals surface area contributed by atoms with Gasteiger partial charge in [0.1, 0.15) is 5.69 Å². The first-order valence-corrected chi connectivity index (χ1v) is 11.7. The van der Waals surface area contributed by atoms with E-state index in [1.54, 1.807) is 16.8 Å². The molecule has 1 aliphatic heterocycles. The number of benzene rings is 1. The number of halogens is 1. The largest absolute Gasteiger partial charge is 0.393 e. The number of nitrogens with two attached hydrogens (primary N) is 3. The number of rotatable bonds is 10. The highest BCUT2D eigenvalue weighted by Gasteiger charge is 2.22. The summed E-state index contributed by atoms with van der Waals surface area (Å²) in [5, 5.41) is 6.34. The minimum atomic E-state index is 0.472. The fourth-order valence-electron chi connectivity index (χ4n) is 3.28. The van der Waals surface area contributed by atoms with E-state index in [0.717, 1.165) is 69.1 Å². The van der Waals surface area contributed by atoms with Crippen molar-refractivity contribution in [2.24, 2.45) is 11.6 Å². The highest BCUT2D eigenvalue weighted by molar-refractivity contribution is 7.99. The summed E-state index contributed by atoms with van der Waals surface area (Å²) in [4.78, 5) is 11.7. The maximum absolute atomic E-state index is 6.50. The average molecular weight is 451 g/mol. The lowest BCUT2D eigenvalue weighted by Gasteiger charge is -2.31. The van der Waals surface area contributed by atoms with E-state index in [1.165, 1.54) is 0 Å². The second-order valence-corrected chi connectivity index (χ2v) is 8.75. The van der Waals surface area contributed by atoms with Crippen LogP contribution in [0, 0.1) is 0 Å². The maximum atomic E-state index is 6.50. The van der Waals surface area contributed by atoms with Crippen molar-refractivity contribution in [3.63, 3.8) is 0 Å². The summed E-state index contributed by atoms with van der Waals surface area (Å²) in [5.41, 5.74) is 13.6. The molecule has 1 fully saturated rings. The van der Waals surface area contributed by atoms with Crippen LogP contribution in [0.3, 0.4) is 0 Å². The highest BCUT2D eigenvalue weighted by atomic mass is 35.5. The number of hydrogen-bond donors (Lipinski definition) is 4. The molecule has 1 aromatic heterocycles. The number of hydrazine groups is 1. The van der Waals surface area contributed by atoms with Crippen LogP contribution >= 0.6 is 23.4 Å². The smallest absolute Gasteiger partial charge is 0.191 e. The number of nitrogen functional groups attached to an aromatic ring is 1. The summed E-state index contributed by atoms with van der Waals surface area (Å²) >= 11 is 7.63. The van der Waals surface area contributed by atoms with Crippen LogP contribution in [0.2, 0.25) is 5.02 Å². The third kappa shape index (κ3) is 6.36. The Kier molecular flexibility index (Phi) is 8.83. The standard InChI is InChI=1S/C20H31ClN8S/c21-16-6-4-15(5-7-16)14-29(24)19-17(23)18(28-11-9-25-10-12-28)26-20(27-19)30-13-3-1-2-8-22/h4-7,25H,1-3,8-14,22-24H2. The van der Waals surface area contributed by atoms with Gasteiger partial charge in [-0.05, 0) is 37.1 Å². The van der Waals surface area contributed by atoms with Crippen LogP contribution in [-0.2, 0) is 6.54 Å². The number of hydrogen-bond acceptors (Lipinski definition) is 9. The molecule has 0 radical (unpaired) electrons. The Bertz CT molecular complexity index is 798. The van der Waals surface area contributed by atoms with E-state index in [9.17, 15) is 0 Å². The first kappa shape index (κ1) is 22.9. The van der Waals surface area contributed by atoms with Crippen LogP contribution in [0.4, 0.5) is 17.3 Å². The number of aromatic nitrogens is 2. The molecular weight excluding hydrogens is 420 g/mol. The van der Waals surface area contributed by atoms with Crippen molar-refractivity contribution in [1.82, 2.24) is 15.3 Å². The lowest BCUT2D eigenvalue weighted by atomic mass is 10.2. The molecule has 3 rings (SSSR count). The van der Waals surface area contributed by atoms with Gasteiger partial charge < -0.3 is 21.7 Å². The molecule has 1 aliphatic rings. The molecule has 1 saturated heterocycles. The molecule has 0 spiro atoms. The summed E-state index contributed by atoms with van der Waals surface area (Å²) in [6.45, 7) is 4.70. The van der Waals surface area contributed by atoms with Crippen LogP contribution in [0.25, 0.3) is 0 Å². The van der Waals surface area contributed by atoms with Crippen LogP contribution in [0.15, 0.2) is 29.4 Å². The van der Waals surface area contributed by atoms with E-state index >= 15 is 0 Å². The van der Waals surface area contributed by atoms with Crippen LogP contribution < -0.4 is 32.5 Å². The fourth-order valence-corrected chi connectivity index (χ4v) is 4.23. The molecule has 0 unspecified atom stereocenters. The maximum Gasteiger partial charge on any atom is 0.191 e. The predicted molar refractivity (Wildman–Crippen MR) is 127 cm³/mol. The number of thioether (sulfide) groups is 1. The lowest BCUT2D eigenvalue weighted by Crippen LogP contribution is -2.44. The van der Waals surface area contributed by atoms with E-state index in [0.29, 0.717) is 28.2 Å². The second-order valence-electron chi connectivity index (χ2n) is 7.26. The van der Waals surface area contributed by atoms with Gasteiger partial charge in [-0.3, -0.25) is 5.01 Å². The normalized spacial score (nSPS) is 14.2. The Morgan fingerprint density at radius 3 is 2.53 bits per heavy atom. The summed E-state index contributed by atoms with van der Waals surface area (Å²) in [7, 11) is 0. The van der Waals surface area contributed by atoms with E-state index < -0.39 is 0 Å². The number of piperazine rings is 1. The third-order valence-corrected chi connectivity index (χ3v) is 6.10. The molecule has 2 heterocycles. The molecular formula is C20H31ClN8S. The van der Waals surface area contributed by atoms with E-state index in [1.807, 2.05) is 24.3 Å². The molecule has 0 bridgehead atoms. The summed E-state index contributed by atoms with van der Waals surface area (Å²) in [5.74, 6) is 8.66. The first-order chi connectivity index (χ1) is 14.6. The molecule has 10 heteroatoms. The van der Waals surface area contributed by atoms with Crippen molar-refractivity contribution in [2.45, 2.75) is 31.0 Å². The molecule has 0 aliphatic carbocycles. The van der Waals surface area contributed by atoms with Gasteiger partial charge in [0.25, 0.3) is 0 Å². The van der Waals surface area contributed by atoms with Crippen molar-refractivity contribution in [1.29, 1.82) is 0 Å². The van der Waals surface area contributed by atoms with Crippen molar-refractivity contribution in [3.8, 4) is 0 Å². The number of unbranched alkanes of at least 4 members (excludes halogenated alkanes) is 2. The first-order valence-electron chi connectivity index (χ1n) is 10.3. The molecule has 0 saturated carbocycles. The van der Waals surface area contributed by atoms with Crippen molar-refractivity contribution in [3.05, 3.63) is 34.9 Å². The molecule has 8 nitrogen and oxygen atoms in total. The van der Waals surface area contributed by atoms with Gasteiger partial charge in [0, 0.05) is 37.0 Å². The van der Waals surface area contributed by atoms with Crippen LogP contribution in [0.1, 0.15) is 24.8 Å². The zero-order valence-corrected chi connectivity index (χ0v) is 18.8. The minimum Gasteiger partial charge on any atom is -0.393 e. The number of nitrogens with zero attached hydrogens (tertiary/aromatic N) is 4. The lowest BCUT2D eigenvalue weighted by molar-refractivity contribution is 0.583. The summed E-state index contributed by atoms with van der Waals surface area (Å²) in [6.07, 6.45) is 3.22. The van der Waals surface area contributed by atoms with E-state index in [2.05, 4.69) is 10.2 Å². The Hall–Kier alpha value is -1.78. The molecule has 1 aromatic carbocycles. The van der Waals surface area contributed by atoms with E-state index in [-0.39, 0.29) is 0 Å². The zero-order valence-electron chi connectivity index (χ0n) is 17.2. The van der Waals surface area contributed by atoms with Gasteiger partial charge in [-0.1, -0.05) is 41.9 Å². The Labute approximate surface area is 187 Å². The van der Waals surface area contributed by atoms with E-state index in [4.69, 9.17) is 38.9 Å². The number of anilines is 3. The Morgan fingerprint density at radius 1 is 1.10 bits per heavy atom. The molecule has 0 atom stereocenters. The Morgan fingerprint density at radius 2 is 1.83 bits per heavy atom. The topological polar surface area (TPSA) is 122 Å². The van der Waals surface area contributed by atoms with Crippen molar-refractivity contribution < 1.29 is 0 Å². The van der Waals surface area contributed by atoms with Crippen LogP contribution in [0.5, 0.6) is 0 Å². The highest BCUT2D eigenvalue weighted by Crippen LogP contribution is 2.32. The van der Waals surface area contributed by atoms with Gasteiger partial charge in [-0.2, -0.15) is 0 Å². The van der Waals surface area contributed by atoms with Gasteiger partial charge in [-0.25, -0.2) is 15.8 Å². The third-order valence-electron chi connectivity index (χ3n) is 4.92. The predicted octanol–water partition coefficient (Wildman–Crippen LogP) is 2.22.